The van der Waals surface area contributed by atoms with Crippen LogP contribution in [0.4, 0.5) is 0 Å². The lowest BCUT2D eigenvalue weighted by molar-refractivity contribution is 0.780. The number of nitrogens with one attached hydrogen (secondary N) is 1. The van der Waals surface area contributed by atoms with E-state index in [9.17, 15) is 0 Å². The summed E-state index contributed by atoms with van der Waals surface area (Å²) >= 11 is 0. The number of hydrogen-bond donors (Lipinski definition) is 1. The minimum atomic E-state index is 0.838. The van der Waals surface area contributed by atoms with Gasteiger partial charge in [-0.2, -0.15) is 5.10 Å². The smallest absolute Gasteiger partial charge is 0.156 e. The average molecular weight is 244 g/mol. The van der Waals surface area contributed by atoms with E-state index in [1.807, 2.05) is 24.9 Å². The quantitative estimate of drug-likeness (QED) is 0.900. The van der Waals surface area contributed by atoms with Crippen LogP contribution < -0.4 is 5.32 Å². The van der Waals surface area contributed by atoms with Gasteiger partial charge < -0.3 is 5.32 Å². The molecule has 0 atom stereocenters. The Hall–Kier alpha value is -1.68. The average Bonchev–Trinajstić information content (AvgIpc) is 2.58. The summed E-state index contributed by atoms with van der Waals surface area (Å²) < 4.78 is 1.93. The van der Waals surface area contributed by atoms with E-state index in [4.69, 9.17) is 0 Å². The minimum Gasteiger partial charge on any atom is -0.316 e. The van der Waals surface area contributed by atoms with Gasteiger partial charge in [-0.25, -0.2) is 9.67 Å². The van der Waals surface area contributed by atoms with Crippen molar-refractivity contribution >= 4 is 0 Å². The molecule has 2 heterocycles. The number of rotatable bonds is 3. The summed E-state index contributed by atoms with van der Waals surface area (Å²) in [5.41, 5.74) is 5.79. The first-order valence-corrected chi connectivity index (χ1v) is 6.18. The third kappa shape index (κ3) is 2.16. The molecule has 2 aromatic rings. The van der Waals surface area contributed by atoms with Crippen LogP contribution in [0, 0.1) is 27.7 Å². The summed E-state index contributed by atoms with van der Waals surface area (Å²) in [6.45, 7) is 9.12. The first-order valence-electron chi connectivity index (χ1n) is 6.18. The Labute approximate surface area is 108 Å². The van der Waals surface area contributed by atoms with Gasteiger partial charge in [-0.1, -0.05) is 0 Å². The van der Waals surface area contributed by atoms with Gasteiger partial charge in [0.25, 0.3) is 0 Å². The summed E-state index contributed by atoms with van der Waals surface area (Å²) in [5.74, 6) is 0.920. The molecule has 0 unspecified atom stereocenters. The lowest BCUT2D eigenvalue weighted by Gasteiger charge is -2.09. The Kier molecular flexibility index (Phi) is 3.48. The van der Waals surface area contributed by atoms with Crippen LogP contribution in [-0.4, -0.2) is 21.8 Å². The van der Waals surface area contributed by atoms with Gasteiger partial charge in [0.15, 0.2) is 5.82 Å². The fourth-order valence-electron chi connectivity index (χ4n) is 2.08. The highest BCUT2D eigenvalue weighted by Crippen LogP contribution is 2.18. The molecule has 0 radical (unpaired) electrons. The third-order valence-corrected chi connectivity index (χ3v) is 3.34. The molecule has 2 aromatic heterocycles. The molecular formula is C14H20N4. The molecule has 0 aliphatic carbocycles. The normalized spacial score (nSPS) is 10.9. The first kappa shape index (κ1) is 12.8. The maximum atomic E-state index is 4.56. The van der Waals surface area contributed by atoms with Gasteiger partial charge in [-0.15, -0.1) is 0 Å². The molecule has 2 rings (SSSR count). The standard InChI is InChI=1S/C14H20N4/c1-9-6-13(7-15-5)8-16-14(9)18-12(4)10(2)11(3)17-18/h6,8,15H,7H2,1-5H3. The van der Waals surface area contributed by atoms with Crippen LogP contribution in [0.15, 0.2) is 12.3 Å². The number of nitrogens with zero attached hydrogens (tertiary/aromatic N) is 3. The lowest BCUT2D eigenvalue weighted by atomic mass is 10.2. The number of aromatic nitrogens is 3. The summed E-state index contributed by atoms with van der Waals surface area (Å²) in [7, 11) is 1.94. The van der Waals surface area contributed by atoms with E-state index in [0.717, 1.165) is 29.3 Å². The van der Waals surface area contributed by atoms with Crippen LogP contribution in [0.5, 0.6) is 0 Å². The second-order valence-electron chi connectivity index (χ2n) is 4.72. The van der Waals surface area contributed by atoms with Gasteiger partial charge in [0.1, 0.15) is 0 Å². The number of aryl methyl sites for hydroxylation is 2. The molecule has 96 valence electrons. The monoisotopic (exact) mass is 244 g/mol. The molecule has 4 nitrogen and oxygen atoms in total. The van der Waals surface area contributed by atoms with Gasteiger partial charge in [-0.3, -0.25) is 0 Å². The Balaban J connectivity index is 2.48. The van der Waals surface area contributed by atoms with Gasteiger partial charge in [0.2, 0.25) is 0 Å². The van der Waals surface area contributed by atoms with Gasteiger partial charge in [-0.05, 0) is 57.5 Å². The maximum absolute atomic E-state index is 4.56. The van der Waals surface area contributed by atoms with Crippen LogP contribution >= 0.6 is 0 Å². The van der Waals surface area contributed by atoms with E-state index in [1.165, 1.54) is 11.1 Å². The minimum absolute atomic E-state index is 0.838. The van der Waals surface area contributed by atoms with Crippen molar-refractivity contribution in [2.75, 3.05) is 7.05 Å². The maximum Gasteiger partial charge on any atom is 0.156 e. The molecule has 0 amide bonds. The van der Waals surface area contributed by atoms with Gasteiger partial charge in [0, 0.05) is 18.4 Å². The molecule has 18 heavy (non-hydrogen) atoms. The van der Waals surface area contributed by atoms with Crippen LogP contribution in [0.1, 0.15) is 28.1 Å². The molecule has 0 spiro atoms. The highest BCUT2D eigenvalue weighted by atomic mass is 15.3. The highest BCUT2D eigenvalue weighted by Gasteiger charge is 2.12. The number of hydrogen-bond acceptors (Lipinski definition) is 3. The van der Waals surface area contributed by atoms with Crippen molar-refractivity contribution in [1.82, 2.24) is 20.1 Å². The molecule has 0 saturated heterocycles. The molecule has 0 bridgehead atoms. The first-order chi connectivity index (χ1) is 8.54. The van der Waals surface area contributed by atoms with Crippen LogP contribution in [-0.2, 0) is 6.54 Å². The molecule has 0 fully saturated rings. The van der Waals surface area contributed by atoms with Crippen LogP contribution in [0.3, 0.4) is 0 Å². The third-order valence-electron chi connectivity index (χ3n) is 3.34. The summed E-state index contributed by atoms with van der Waals surface area (Å²) in [6.07, 6.45) is 1.91. The predicted molar refractivity (Wildman–Crippen MR) is 73.1 cm³/mol. The van der Waals surface area contributed by atoms with E-state index < -0.39 is 0 Å². The van der Waals surface area contributed by atoms with Crippen molar-refractivity contribution in [3.63, 3.8) is 0 Å². The molecule has 0 aliphatic heterocycles. The van der Waals surface area contributed by atoms with Gasteiger partial charge >= 0.3 is 0 Å². The van der Waals surface area contributed by atoms with E-state index in [0.29, 0.717) is 0 Å². The number of pyridine rings is 1. The molecular weight excluding hydrogens is 224 g/mol. The topological polar surface area (TPSA) is 42.7 Å². The summed E-state index contributed by atoms with van der Waals surface area (Å²) in [5, 5.41) is 7.69. The van der Waals surface area contributed by atoms with Crippen LogP contribution in [0.2, 0.25) is 0 Å². The Morgan fingerprint density at radius 1 is 1.22 bits per heavy atom. The van der Waals surface area contributed by atoms with Crippen molar-refractivity contribution in [2.45, 2.75) is 34.2 Å². The predicted octanol–water partition coefficient (Wildman–Crippen LogP) is 2.22. The van der Waals surface area contributed by atoms with Crippen LogP contribution in [0.25, 0.3) is 5.82 Å². The van der Waals surface area contributed by atoms with E-state index in [1.54, 1.807) is 0 Å². The zero-order valence-electron chi connectivity index (χ0n) is 11.7. The van der Waals surface area contributed by atoms with Crippen molar-refractivity contribution in [1.29, 1.82) is 0 Å². The van der Waals surface area contributed by atoms with Crippen molar-refractivity contribution < 1.29 is 0 Å². The second kappa shape index (κ2) is 4.90. The van der Waals surface area contributed by atoms with E-state index in [2.05, 4.69) is 42.2 Å². The molecule has 0 saturated carbocycles. The zero-order chi connectivity index (χ0) is 13.3. The van der Waals surface area contributed by atoms with Crippen molar-refractivity contribution in [3.8, 4) is 5.82 Å². The summed E-state index contributed by atoms with van der Waals surface area (Å²) in [6, 6.07) is 2.16. The van der Waals surface area contributed by atoms with E-state index in [-0.39, 0.29) is 0 Å². The molecule has 4 heteroatoms. The fraction of sp³-hybridized carbons (Fsp3) is 0.429. The molecule has 0 aromatic carbocycles. The fourth-order valence-corrected chi connectivity index (χ4v) is 2.08. The highest BCUT2D eigenvalue weighted by molar-refractivity contribution is 5.38. The van der Waals surface area contributed by atoms with E-state index >= 15 is 0 Å². The molecule has 0 aliphatic rings. The Morgan fingerprint density at radius 3 is 2.44 bits per heavy atom. The molecule has 1 N–H and O–H groups in total. The lowest BCUT2D eigenvalue weighted by Crippen LogP contribution is -2.09. The second-order valence-corrected chi connectivity index (χ2v) is 4.72. The Bertz CT molecular complexity index is 569. The largest absolute Gasteiger partial charge is 0.316 e. The zero-order valence-corrected chi connectivity index (χ0v) is 11.7. The van der Waals surface area contributed by atoms with Gasteiger partial charge in [0.05, 0.1) is 5.69 Å². The Morgan fingerprint density at radius 2 is 1.94 bits per heavy atom. The SMILES string of the molecule is CNCc1cnc(-n2nc(C)c(C)c2C)c(C)c1. The summed E-state index contributed by atoms with van der Waals surface area (Å²) in [4.78, 5) is 4.54. The van der Waals surface area contributed by atoms with Crippen molar-refractivity contribution in [2.24, 2.45) is 0 Å². The van der Waals surface area contributed by atoms with Crippen molar-refractivity contribution in [3.05, 3.63) is 40.3 Å².